The Morgan fingerprint density at radius 2 is 2.14 bits per heavy atom. The lowest BCUT2D eigenvalue weighted by Crippen LogP contribution is -2.43. The third-order valence-corrected chi connectivity index (χ3v) is 2.39. The summed E-state index contributed by atoms with van der Waals surface area (Å²) < 4.78 is 0. The number of nitrogens with one attached hydrogen (secondary N) is 2. The third-order valence-electron chi connectivity index (χ3n) is 2.11. The number of nitrogens with zero attached hydrogens (tertiary/aromatic N) is 1. The molecule has 0 unspecified atom stereocenters. The first-order valence-corrected chi connectivity index (χ1v) is 5.16. The molecule has 0 aliphatic carbocycles. The molecule has 0 bridgehead atoms. The van der Waals surface area contributed by atoms with Gasteiger partial charge in [-0.05, 0) is 12.2 Å². The quantitative estimate of drug-likeness (QED) is 0.545. The minimum atomic E-state index is 0.701. The van der Waals surface area contributed by atoms with Crippen molar-refractivity contribution in [2.75, 3.05) is 32.7 Å². The molecule has 0 spiro atoms. The second kappa shape index (κ2) is 6.76. The molecule has 1 heterocycles. The van der Waals surface area contributed by atoms with Crippen molar-refractivity contribution in [3.8, 4) is 0 Å². The molecule has 1 rings (SSSR count). The van der Waals surface area contributed by atoms with E-state index in [9.17, 15) is 0 Å². The van der Waals surface area contributed by atoms with E-state index in [1.165, 1.54) is 6.21 Å². The van der Waals surface area contributed by atoms with Crippen LogP contribution in [-0.2, 0) is 0 Å². The molecule has 3 nitrogen and oxygen atoms in total. The fourth-order valence-corrected chi connectivity index (χ4v) is 1.46. The van der Waals surface area contributed by atoms with Crippen molar-refractivity contribution in [3.63, 3.8) is 0 Å². The minimum Gasteiger partial charge on any atom is -0.314 e. The smallest absolute Gasteiger partial charge is 0.0379 e. The van der Waals surface area contributed by atoms with Gasteiger partial charge in [0.1, 0.15) is 0 Å². The summed E-state index contributed by atoms with van der Waals surface area (Å²) in [4.78, 5) is 2.34. The molecule has 14 heavy (non-hydrogen) atoms. The fraction of sp³-hybridized carbons (Fsp3) is 0.500. The van der Waals surface area contributed by atoms with Gasteiger partial charge >= 0.3 is 0 Å². The summed E-state index contributed by atoms with van der Waals surface area (Å²) in [5, 5.41) is 10.8. The van der Waals surface area contributed by atoms with E-state index in [0.717, 1.165) is 32.7 Å². The number of allylic oxidation sites excluding steroid dienone is 3. The van der Waals surface area contributed by atoms with Gasteiger partial charge in [-0.15, -0.1) is 0 Å². The van der Waals surface area contributed by atoms with Crippen LogP contribution in [0.15, 0.2) is 23.3 Å². The van der Waals surface area contributed by atoms with E-state index in [0.29, 0.717) is 5.03 Å². The van der Waals surface area contributed by atoms with Crippen LogP contribution >= 0.6 is 11.6 Å². The normalized spacial score (nSPS) is 20.2. The summed E-state index contributed by atoms with van der Waals surface area (Å²) in [6, 6.07) is 0. The van der Waals surface area contributed by atoms with E-state index in [1.807, 2.05) is 6.08 Å². The Kier molecular flexibility index (Phi) is 5.52. The number of rotatable bonds is 4. The van der Waals surface area contributed by atoms with Crippen LogP contribution < -0.4 is 5.32 Å². The second-order valence-corrected chi connectivity index (χ2v) is 3.60. The molecule has 0 aromatic rings. The monoisotopic (exact) mass is 213 g/mol. The Hall–Kier alpha value is -0.640. The third kappa shape index (κ3) is 4.56. The van der Waals surface area contributed by atoms with E-state index in [1.54, 1.807) is 12.2 Å². The van der Waals surface area contributed by atoms with E-state index in [2.05, 4.69) is 10.2 Å². The van der Waals surface area contributed by atoms with Crippen LogP contribution in [0.5, 0.6) is 0 Å². The Morgan fingerprint density at radius 3 is 2.79 bits per heavy atom. The highest BCUT2D eigenvalue weighted by Gasteiger charge is 2.06. The molecule has 78 valence electrons. The second-order valence-electron chi connectivity index (χ2n) is 3.17. The summed E-state index contributed by atoms with van der Waals surface area (Å²) >= 11 is 5.91. The number of piperazine rings is 1. The molecule has 1 aliphatic rings. The lowest BCUT2D eigenvalue weighted by atomic mass is 10.3. The molecule has 0 saturated carbocycles. The summed E-state index contributed by atoms with van der Waals surface area (Å²) in [6.07, 6.45) is 6.56. The van der Waals surface area contributed by atoms with Gasteiger partial charge in [-0.3, -0.25) is 4.90 Å². The van der Waals surface area contributed by atoms with Gasteiger partial charge in [0.25, 0.3) is 0 Å². The average molecular weight is 214 g/mol. The maximum Gasteiger partial charge on any atom is 0.0379 e. The number of halogens is 1. The highest BCUT2D eigenvalue weighted by Crippen LogP contribution is 2.03. The van der Waals surface area contributed by atoms with Gasteiger partial charge in [0, 0.05) is 44.0 Å². The zero-order valence-electron chi connectivity index (χ0n) is 8.17. The molecule has 0 radical (unpaired) electrons. The maximum absolute atomic E-state index is 6.81. The van der Waals surface area contributed by atoms with Crippen molar-refractivity contribution in [3.05, 3.63) is 23.3 Å². The molecule has 1 saturated heterocycles. The lowest BCUT2D eigenvalue weighted by molar-refractivity contribution is 0.264. The lowest BCUT2D eigenvalue weighted by Gasteiger charge is -2.25. The van der Waals surface area contributed by atoms with Gasteiger partial charge in [0.05, 0.1) is 0 Å². The first kappa shape index (κ1) is 11.4. The Morgan fingerprint density at radius 1 is 1.43 bits per heavy atom. The summed E-state index contributed by atoms with van der Waals surface area (Å²) in [6.45, 7) is 5.16. The van der Waals surface area contributed by atoms with Crippen LogP contribution in [0.25, 0.3) is 0 Å². The number of hydrogen-bond acceptors (Lipinski definition) is 3. The van der Waals surface area contributed by atoms with Gasteiger partial charge in [0.2, 0.25) is 0 Å². The molecule has 4 heteroatoms. The molecule has 1 fully saturated rings. The summed E-state index contributed by atoms with van der Waals surface area (Å²) in [5.41, 5.74) is 0. The molecular formula is C10H16ClN3. The molecule has 0 aromatic carbocycles. The molecule has 0 aromatic heterocycles. The zero-order valence-corrected chi connectivity index (χ0v) is 8.93. The molecule has 2 N–H and O–H groups in total. The topological polar surface area (TPSA) is 39.1 Å². The van der Waals surface area contributed by atoms with Crippen molar-refractivity contribution in [1.29, 1.82) is 5.41 Å². The van der Waals surface area contributed by atoms with E-state index < -0.39 is 0 Å². The van der Waals surface area contributed by atoms with E-state index >= 15 is 0 Å². The molecule has 0 atom stereocenters. The van der Waals surface area contributed by atoms with Crippen molar-refractivity contribution in [2.24, 2.45) is 0 Å². The van der Waals surface area contributed by atoms with Crippen LogP contribution in [0.1, 0.15) is 0 Å². The van der Waals surface area contributed by atoms with Gasteiger partial charge in [0.15, 0.2) is 0 Å². The average Bonchev–Trinajstić information content (AvgIpc) is 2.25. The predicted octanol–water partition coefficient (Wildman–Crippen LogP) is 1.22. The first-order chi connectivity index (χ1) is 6.83. The Balaban J connectivity index is 2.29. The zero-order chi connectivity index (χ0) is 10.2. The standard InChI is InChI=1S/C10H16ClN3/c11-10(2-1-4-12)3-7-14-8-5-13-6-9-14/h1-4,12-13H,5-9H2/b2-1-,10-3-,12-4?. The van der Waals surface area contributed by atoms with Crippen LogP contribution in [-0.4, -0.2) is 43.8 Å². The van der Waals surface area contributed by atoms with Crippen molar-refractivity contribution in [1.82, 2.24) is 10.2 Å². The van der Waals surface area contributed by atoms with Crippen LogP contribution in [0, 0.1) is 5.41 Å². The SMILES string of the molecule is N=C/C=C\C(Cl)=C\CN1CCNCC1. The molecule has 1 aliphatic heterocycles. The Bertz CT molecular complexity index is 230. The van der Waals surface area contributed by atoms with Gasteiger partial charge in [-0.1, -0.05) is 17.7 Å². The highest BCUT2D eigenvalue weighted by molar-refractivity contribution is 6.31. The van der Waals surface area contributed by atoms with Crippen molar-refractivity contribution < 1.29 is 0 Å². The van der Waals surface area contributed by atoms with Crippen LogP contribution in [0.4, 0.5) is 0 Å². The molecular weight excluding hydrogens is 198 g/mol. The largest absolute Gasteiger partial charge is 0.314 e. The van der Waals surface area contributed by atoms with Crippen molar-refractivity contribution in [2.45, 2.75) is 0 Å². The van der Waals surface area contributed by atoms with Gasteiger partial charge in [-0.25, -0.2) is 0 Å². The van der Waals surface area contributed by atoms with Crippen LogP contribution in [0.3, 0.4) is 0 Å². The first-order valence-electron chi connectivity index (χ1n) is 4.79. The van der Waals surface area contributed by atoms with Gasteiger partial charge < -0.3 is 10.7 Å². The van der Waals surface area contributed by atoms with E-state index in [-0.39, 0.29) is 0 Å². The van der Waals surface area contributed by atoms with E-state index in [4.69, 9.17) is 17.0 Å². The maximum atomic E-state index is 6.81. The van der Waals surface area contributed by atoms with Crippen molar-refractivity contribution >= 4 is 17.8 Å². The van der Waals surface area contributed by atoms with Gasteiger partial charge in [-0.2, -0.15) is 0 Å². The fourth-order valence-electron chi connectivity index (χ4n) is 1.32. The molecule has 0 amide bonds. The number of hydrogen-bond donors (Lipinski definition) is 2. The Labute approximate surface area is 89.9 Å². The minimum absolute atomic E-state index is 0.701. The predicted molar refractivity (Wildman–Crippen MR) is 61.2 cm³/mol. The highest BCUT2D eigenvalue weighted by atomic mass is 35.5. The summed E-state index contributed by atoms with van der Waals surface area (Å²) in [5.74, 6) is 0. The summed E-state index contributed by atoms with van der Waals surface area (Å²) in [7, 11) is 0. The van der Waals surface area contributed by atoms with Crippen LogP contribution in [0.2, 0.25) is 0 Å².